The quantitative estimate of drug-likeness (QED) is 0.419. The van der Waals surface area contributed by atoms with E-state index in [1.807, 2.05) is 0 Å². The van der Waals surface area contributed by atoms with Crippen LogP contribution in [0.3, 0.4) is 0 Å². The number of ether oxygens (including phenoxy) is 1. The second kappa shape index (κ2) is 1.98. The first kappa shape index (κ1) is 6.50. The number of alkyl halides is 2. The molecule has 0 aromatic carbocycles. The molecule has 0 fully saturated rings. The molecule has 0 bridgehead atoms. The monoisotopic (exact) mass is 130 g/mol. The van der Waals surface area contributed by atoms with E-state index in [2.05, 4.69) is 4.74 Å². The molecule has 0 aromatic rings. The van der Waals surface area contributed by atoms with Crippen molar-refractivity contribution in [1.29, 1.82) is 0 Å². The molecule has 0 spiro atoms. The third-order valence-corrected chi connectivity index (χ3v) is 0.554. The van der Waals surface area contributed by atoms with E-state index < -0.39 is 4.71 Å². The zero-order valence-electron chi connectivity index (χ0n) is 3.11. The summed E-state index contributed by atoms with van der Waals surface area (Å²) in [5, 5.41) is 8.14. The van der Waals surface area contributed by atoms with Gasteiger partial charge in [0.25, 0.3) is 0 Å². The maximum Gasteiger partial charge on any atom is 0.329 e. The largest absolute Gasteiger partial charge is 0.340 e. The van der Waals surface area contributed by atoms with Crippen molar-refractivity contribution in [2.45, 2.75) is 4.71 Å². The molecule has 0 aromatic heterocycles. The first-order valence-electron chi connectivity index (χ1n) is 1.21. The van der Waals surface area contributed by atoms with Crippen LogP contribution in [0.1, 0.15) is 0 Å². The molecule has 0 radical (unpaired) electrons. The van der Waals surface area contributed by atoms with Gasteiger partial charge < -0.3 is 9.84 Å². The Balaban J connectivity index is 3.17. The zero-order valence-corrected chi connectivity index (χ0v) is 4.62. The van der Waals surface area contributed by atoms with Crippen LogP contribution in [0.2, 0.25) is 0 Å². The van der Waals surface area contributed by atoms with Gasteiger partial charge in [0, 0.05) is 7.11 Å². The molecule has 0 rings (SSSR count). The van der Waals surface area contributed by atoms with E-state index in [-0.39, 0.29) is 0 Å². The minimum atomic E-state index is -2.01. The van der Waals surface area contributed by atoms with Crippen molar-refractivity contribution in [3.8, 4) is 0 Å². The van der Waals surface area contributed by atoms with E-state index >= 15 is 0 Å². The Hall–Kier alpha value is 0.500. The van der Waals surface area contributed by atoms with Gasteiger partial charge in [0.15, 0.2) is 0 Å². The second-order valence-electron chi connectivity index (χ2n) is 0.690. The summed E-state index contributed by atoms with van der Waals surface area (Å²) in [7, 11) is 1.19. The highest BCUT2D eigenvalue weighted by Gasteiger charge is 2.15. The van der Waals surface area contributed by atoms with E-state index in [0.717, 1.165) is 0 Å². The van der Waals surface area contributed by atoms with Crippen molar-refractivity contribution in [3.05, 3.63) is 0 Å². The Morgan fingerprint density at radius 2 is 1.83 bits per heavy atom. The average molecular weight is 131 g/mol. The SMILES string of the molecule is COC(O)(Cl)Cl. The van der Waals surface area contributed by atoms with Gasteiger partial charge in [-0.05, 0) is 23.2 Å². The van der Waals surface area contributed by atoms with Crippen molar-refractivity contribution in [3.63, 3.8) is 0 Å². The third-order valence-electron chi connectivity index (χ3n) is 0.246. The molecular weight excluding hydrogens is 127 g/mol. The van der Waals surface area contributed by atoms with Gasteiger partial charge in [0.1, 0.15) is 0 Å². The first-order valence-corrected chi connectivity index (χ1v) is 1.97. The molecule has 1 N–H and O–H groups in total. The van der Waals surface area contributed by atoms with Crippen molar-refractivity contribution in [2.24, 2.45) is 0 Å². The summed E-state index contributed by atoms with van der Waals surface area (Å²) in [6.45, 7) is 0. The van der Waals surface area contributed by atoms with Gasteiger partial charge in [-0.15, -0.1) is 0 Å². The van der Waals surface area contributed by atoms with Crippen LogP contribution < -0.4 is 0 Å². The summed E-state index contributed by atoms with van der Waals surface area (Å²) in [5.74, 6) is 0. The fourth-order valence-electron chi connectivity index (χ4n) is 0. The van der Waals surface area contributed by atoms with Gasteiger partial charge in [0.2, 0.25) is 0 Å². The predicted octanol–water partition coefficient (Wildman–Crippen LogP) is 0.714. The van der Waals surface area contributed by atoms with E-state index in [0.29, 0.717) is 0 Å². The minimum Gasteiger partial charge on any atom is -0.340 e. The molecule has 38 valence electrons. The number of hydrogen-bond acceptors (Lipinski definition) is 2. The molecule has 0 unspecified atom stereocenters. The summed E-state index contributed by atoms with van der Waals surface area (Å²) in [5.41, 5.74) is 0. The summed E-state index contributed by atoms with van der Waals surface area (Å²) in [6, 6.07) is 0. The van der Waals surface area contributed by atoms with E-state index in [9.17, 15) is 0 Å². The van der Waals surface area contributed by atoms with Gasteiger partial charge in [-0.3, -0.25) is 0 Å². The lowest BCUT2D eigenvalue weighted by atomic mass is 11.4. The van der Waals surface area contributed by atoms with Gasteiger partial charge >= 0.3 is 4.71 Å². The molecule has 0 saturated heterocycles. The zero-order chi connectivity index (χ0) is 5.21. The summed E-state index contributed by atoms with van der Waals surface area (Å²) in [4.78, 5) is 0. The second-order valence-corrected chi connectivity index (χ2v) is 1.91. The molecule has 0 aliphatic carbocycles. The third kappa shape index (κ3) is 4.50. The predicted molar refractivity (Wildman–Crippen MR) is 23.7 cm³/mol. The molecule has 0 atom stereocenters. The van der Waals surface area contributed by atoms with Crippen molar-refractivity contribution in [1.82, 2.24) is 0 Å². The van der Waals surface area contributed by atoms with Crippen LogP contribution in [0.4, 0.5) is 0 Å². The lowest BCUT2D eigenvalue weighted by molar-refractivity contribution is -0.0460. The summed E-state index contributed by atoms with van der Waals surface area (Å²) < 4.78 is 2.01. The van der Waals surface area contributed by atoms with Gasteiger partial charge in [-0.25, -0.2) is 0 Å². The van der Waals surface area contributed by atoms with Gasteiger partial charge in [0.05, 0.1) is 0 Å². The Labute approximate surface area is 45.6 Å². The molecule has 0 aliphatic rings. The molecule has 0 heterocycles. The fourth-order valence-corrected chi connectivity index (χ4v) is 0. The average Bonchev–Trinajstić information content (AvgIpc) is 1.35. The normalized spacial score (nSPS) is 12.0. The summed E-state index contributed by atoms with van der Waals surface area (Å²) >= 11 is 9.63. The lowest BCUT2D eigenvalue weighted by Crippen LogP contribution is -2.12. The van der Waals surface area contributed by atoms with Gasteiger partial charge in [-0.1, -0.05) is 0 Å². The fraction of sp³-hybridized carbons (Fsp3) is 1.00. The highest BCUT2D eigenvalue weighted by atomic mass is 35.5. The maximum absolute atomic E-state index is 8.14. The smallest absolute Gasteiger partial charge is 0.329 e. The Morgan fingerprint density at radius 3 is 1.83 bits per heavy atom. The molecule has 4 heteroatoms. The van der Waals surface area contributed by atoms with Crippen LogP contribution in [0.5, 0.6) is 0 Å². The summed E-state index contributed by atoms with van der Waals surface area (Å²) in [6.07, 6.45) is 0. The van der Waals surface area contributed by atoms with Crippen LogP contribution in [0, 0.1) is 0 Å². The Bertz CT molecular complexity index is 39.3. The van der Waals surface area contributed by atoms with Crippen LogP contribution >= 0.6 is 23.2 Å². The molecule has 0 amide bonds. The van der Waals surface area contributed by atoms with Gasteiger partial charge in [-0.2, -0.15) is 0 Å². The van der Waals surface area contributed by atoms with Crippen LogP contribution in [0.15, 0.2) is 0 Å². The van der Waals surface area contributed by atoms with E-state index in [4.69, 9.17) is 28.3 Å². The van der Waals surface area contributed by atoms with E-state index in [1.165, 1.54) is 7.11 Å². The van der Waals surface area contributed by atoms with Crippen LogP contribution in [-0.4, -0.2) is 16.9 Å². The first-order chi connectivity index (χ1) is 2.56. The topological polar surface area (TPSA) is 29.5 Å². The molecule has 2 nitrogen and oxygen atoms in total. The Kier molecular flexibility index (Phi) is 2.15. The van der Waals surface area contributed by atoms with Crippen molar-refractivity contribution < 1.29 is 9.84 Å². The van der Waals surface area contributed by atoms with E-state index in [1.54, 1.807) is 0 Å². The minimum absolute atomic E-state index is 1.19. The molecule has 0 aliphatic heterocycles. The van der Waals surface area contributed by atoms with Crippen molar-refractivity contribution in [2.75, 3.05) is 7.11 Å². The van der Waals surface area contributed by atoms with Crippen LogP contribution in [-0.2, 0) is 4.74 Å². The van der Waals surface area contributed by atoms with Crippen molar-refractivity contribution >= 4 is 23.2 Å². The molecule has 6 heavy (non-hydrogen) atoms. The number of halogens is 2. The number of rotatable bonds is 1. The number of hydrogen-bond donors (Lipinski definition) is 1. The molecular formula is C2H4Cl2O2. The standard InChI is InChI=1S/C2H4Cl2O2/c1-6-2(3,4)5/h5H,1H3. The number of methoxy groups -OCH3 is 1. The van der Waals surface area contributed by atoms with Crippen LogP contribution in [0.25, 0.3) is 0 Å². The lowest BCUT2D eigenvalue weighted by Gasteiger charge is -2.05. The Morgan fingerprint density at radius 1 is 1.67 bits per heavy atom. The highest BCUT2D eigenvalue weighted by molar-refractivity contribution is 6.45. The molecule has 0 saturated carbocycles. The number of aliphatic hydroxyl groups is 1. The highest BCUT2D eigenvalue weighted by Crippen LogP contribution is 2.14. The maximum atomic E-state index is 8.14.